The molecule has 0 aliphatic heterocycles. The smallest absolute Gasteiger partial charge is 0.309 e. The zero-order valence-corrected chi connectivity index (χ0v) is 10.2. The maximum absolute atomic E-state index is 10.7. The third-order valence-electron chi connectivity index (χ3n) is 2.01. The van der Waals surface area contributed by atoms with Crippen molar-refractivity contribution in [1.82, 2.24) is 9.97 Å². The van der Waals surface area contributed by atoms with Crippen LogP contribution in [-0.4, -0.2) is 28.1 Å². The van der Waals surface area contributed by atoms with Crippen molar-refractivity contribution in [3.05, 3.63) is 16.5 Å². The van der Waals surface area contributed by atoms with Crippen molar-refractivity contribution in [3.63, 3.8) is 0 Å². The number of nitrogens with one attached hydrogen (secondary N) is 1. The first-order valence-corrected chi connectivity index (χ1v) is 5.29. The molecule has 0 saturated carbocycles. The fraction of sp³-hybridized carbons (Fsp3) is 0.500. The monoisotopic (exact) mass is 243 g/mol. The van der Waals surface area contributed by atoms with E-state index >= 15 is 0 Å². The van der Waals surface area contributed by atoms with Crippen molar-refractivity contribution in [1.29, 1.82) is 0 Å². The highest BCUT2D eigenvalue weighted by molar-refractivity contribution is 6.33. The number of nitrogens with zero attached hydrogens (tertiary/aromatic N) is 2. The molecule has 1 heterocycles. The molecule has 0 amide bonds. The van der Waals surface area contributed by atoms with Crippen LogP contribution in [0.15, 0.2) is 0 Å². The van der Waals surface area contributed by atoms with Crippen LogP contribution < -0.4 is 5.32 Å². The number of carboxylic acids is 1. The highest BCUT2D eigenvalue weighted by Crippen LogP contribution is 2.25. The van der Waals surface area contributed by atoms with E-state index in [1.807, 2.05) is 13.8 Å². The normalized spacial score (nSPS) is 10.6. The van der Waals surface area contributed by atoms with Crippen molar-refractivity contribution < 1.29 is 9.90 Å². The van der Waals surface area contributed by atoms with Crippen LogP contribution in [0.3, 0.4) is 0 Å². The molecule has 1 rings (SSSR count). The highest BCUT2D eigenvalue weighted by atomic mass is 35.5. The summed E-state index contributed by atoms with van der Waals surface area (Å²) >= 11 is 5.98. The lowest BCUT2D eigenvalue weighted by Gasteiger charge is -2.11. The van der Waals surface area contributed by atoms with Gasteiger partial charge in [-0.25, -0.2) is 9.97 Å². The Labute approximate surface area is 98.9 Å². The summed E-state index contributed by atoms with van der Waals surface area (Å²) in [7, 11) is 1.68. The summed E-state index contributed by atoms with van der Waals surface area (Å²) in [6.45, 7) is 3.88. The van der Waals surface area contributed by atoms with Crippen LogP contribution in [0.5, 0.6) is 0 Å². The third kappa shape index (κ3) is 2.82. The number of halogens is 1. The topological polar surface area (TPSA) is 75.1 Å². The second-order valence-corrected chi connectivity index (χ2v) is 4.04. The summed E-state index contributed by atoms with van der Waals surface area (Å²) in [5.41, 5.74) is 0.345. The SMILES string of the molecule is CNc1nc(C(C)C)nc(CC(=O)O)c1Cl. The van der Waals surface area contributed by atoms with Gasteiger partial charge < -0.3 is 10.4 Å². The van der Waals surface area contributed by atoms with Gasteiger partial charge in [-0.1, -0.05) is 25.4 Å². The average Bonchev–Trinajstić information content (AvgIpc) is 2.20. The number of rotatable bonds is 4. The number of aliphatic carboxylic acids is 1. The van der Waals surface area contributed by atoms with E-state index in [2.05, 4.69) is 15.3 Å². The molecule has 0 aliphatic rings. The molecular formula is C10H14ClN3O2. The molecule has 1 aromatic heterocycles. The number of hydrogen-bond acceptors (Lipinski definition) is 4. The Bertz CT molecular complexity index is 407. The molecule has 6 heteroatoms. The second kappa shape index (κ2) is 5.12. The quantitative estimate of drug-likeness (QED) is 0.845. The van der Waals surface area contributed by atoms with Gasteiger partial charge in [0.2, 0.25) is 0 Å². The molecule has 2 N–H and O–H groups in total. The molecule has 0 aromatic carbocycles. The molecule has 0 spiro atoms. The van der Waals surface area contributed by atoms with E-state index in [1.165, 1.54) is 0 Å². The molecule has 16 heavy (non-hydrogen) atoms. The molecule has 0 unspecified atom stereocenters. The maximum Gasteiger partial charge on any atom is 0.309 e. The number of aromatic nitrogens is 2. The predicted molar refractivity (Wildman–Crippen MR) is 62.0 cm³/mol. The highest BCUT2D eigenvalue weighted by Gasteiger charge is 2.15. The van der Waals surface area contributed by atoms with Crippen molar-refractivity contribution in [3.8, 4) is 0 Å². The summed E-state index contributed by atoms with van der Waals surface area (Å²) in [5, 5.41) is 11.8. The van der Waals surface area contributed by atoms with E-state index in [0.29, 0.717) is 17.3 Å². The Morgan fingerprint density at radius 1 is 1.50 bits per heavy atom. The van der Waals surface area contributed by atoms with Crippen LogP contribution >= 0.6 is 11.6 Å². The molecule has 0 atom stereocenters. The van der Waals surface area contributed by atoms with E-state index in [0.717, 1.165) is 0 Å². The molecule has 88 valence electrons. The lowest BCUT2D eigenvalue weighted by atomic mass is 10.2. The zero-order valence-electron chi connectivity index (χ0n) is 9.41. The van der Waals surface area contributed by atoms with Gasteiger partial charge in [0.1, 0.15) is 16.7 Å². The van der Waals surface area contributed by atoms with Gasteiger partial charge in [-0.05, 0) is 0 Å². The standard InChI is InChI=1S/C10H14ClN3O2/c1-5(2)9-13-6(4-7(15)16)8(11)10(12-3)14-9/h5H,4H2,1-3H3,(H,15,16)(H,12,13,14). The first-order chi connectivity index (χ1) is 7.45. The zero-order chi connectivity index (χ0) is 12.3. The molecule has 0 aliphatic carbocycles. The van der Waals surface area contributed by atoms with E-state index in [4.69, 9.17) is 16.7 Å². The summed E-state index contributed by atoms with van der Waals surface area (Å²) < 4.78 is 0. The Kier molecular flexibility index (Phi) is 4.06. The van der Waals surface area contributed by atoms with Gasteiger partial charge >= 0.3 is 5.97 Å². The van der Waals surface area contributed by atoms with E-state index < -0.39 is 5.97 Å². The average molecular weight is 244 g/mol. The van der Waals surface area contributed by atoms with Crippen LogP contribution in [0.2, 0.25) is 5.02 Å². The lowest BCUT2D eigenvalue weighted by Crippen LogP contribution is -2.10. The molecule has 0 saturated heterocycles. The molecule has 5 nitrogen and oxygen atoms in total. The van der Waals surface area contributed by atoms with Gasteiger partial charge in [0.05, 0.1) is 12.1 Å². The number of hydrogen-bond donors (Lipinski definition) is 2. The van der Waals surface area contributed by atoms with Crippen LogP contribution in [0.25, 0.3) is 0 Å². The van der Waals surface area contributed by atoms with Gasteiger partial charge in [0.15, 0.2) is 0 Å². The van der Waals surface area contributed by atoms with Crippen molar-refractivity contribution in [2.75, 3.05) is 12.4 Å². The Morgan fingerprint density at radius 3 is 2.56 bits per heavy atom. The molecule has 1 aromatic rings. The fourth-order valence-electron chi connectivity index (χ4n) is 1.20. The Morgan fingerprint density at radius 2 is 2.12 bits per heavy atom. The minimum Gasteiger partial charge on any atom is -0.481 e. The van der Waals surface area contributed by atoms with Crippen LogP contribution in [0, 0.1) is 0 Å². The van der Waals surface area contributed by atoms with E-state index in [1.54, 1.807) is 7.05 Å². The summed E-state index contributed by atoms with van der Waals surface area (Å²) in [6.07, 6.45) is -0.199. The Hall–Kier alpha value is -1.36. The molecule has 0 bridgehead atoms. The van der Waals surface area contributed by atoms with E-state index in [9.17, 15) is 4.79 Å². The predicted octanol–water partition coefficient (Wildman–Crippen LogP) is 1.92. The maximum atomic E-state index is 10.7. The number of carboxylic acid groups (broad SMARTS) is 1. The second-order valence-electron chi connectivity index (χ2n) is 3.67. The summed E-state index contributed by atoms with van der Waals surface area (Å²) in [6, 6.07) is 0. The molecule has 0 radical (unpaired) electrons. The van der Waals surface area contributed by atoms with Crippen molar-refractivity contribution in [2.24, 2.45) is 0 Å². The van der Waals surface area contributed by atoms with Crippen molar-refractivity contribution in [2.45, 2.75) is 26.2 Å². The minimum absolute atomic E-state index is 0.122. The largest absolute Gasteiger partial charge is 0.481 e. The van der Waals surface area contributed by atoms with Gasteiger partial charge in [-0.2, -0.15) is 0 Å². The fourth-order valence-corrected chi connectivity index (χ4v) is 1.44. The van der Waals surface area contributed by atoms with Gasteiger partial charge in [0.25, 0.3) is 0 Å². The van der Waals surface area contributed by atoms with Crippen LogP contribution in [0.4, 0.5) is 5.82 Å². The van der Waals surface area contributed by atoms with Gasteiger partial charge in [-0.15, -0.1) is 0 Å². The first kappa shape index (κ1) is 12.7. The third-order valence-corrected chi connectivity index (χ3v) is 2.41. The molecular weight excluding hydrogens is 230 g/mol. The summed E-state index contributed by atoms with van der Waals surface area (Å²) in [4.78, 5) is 19.0. The van der Waals surface area contributed by atoms with Crippen LogP contribution in [0.1, 0.15) is 31.3 Å². The van der Waals surface area contributed by atoms with Crippen molar-refractivity contribution >= 4 is 23.4 Å². The number of carbonyl (C=O) groups is 1. The number of anilines is 1. The van der Waals surface area contributed by atoms with E-state index in [-0.39, 0.29) is 17.4 Å². The van der Waals surface area contributed by atoms with Gasteiger partial charge in [0, 0.05) is 13.0 Å². The summed E-state index contributed by atoms with van der Waals surface area (Å²) in [5.74, 6) is 0.218. The Balaban J connectivity index is 3.24. The van der Waals surface area contributed by atoms with Gasteiger partial charge in [-0.3, -0.25) is 4.79 Å². The first-order valence-electron chi connectivity index (χ1n) is 4.91. The van der Waals surface area contributed by atoms with Crippen LogP contribution in [-0.2, 0) is 11.2 Å². The lowest BCUT2D eigenvalue weighted by molar-refractivity contribution is -0.136. The molecule has 0 fully saturated rings. The minimum atomic E-state index is -0.961.